The first kappa shape index (κ1) is 17.2. The van der Waals surface area contributed by atoms with Gasteiger partial charge >= 0.3 is 0 Å². The average Bonchev–Trinajstić information content (AvgIpc) is 2.29. The Labute approximate surface area is 126 Å². The monoisotopic (exact) mass is 319 g/mol. The molecule has 0 atom stereocenters. The molecule has 0 amide bonds. The number of aromatic nitrogens is 2. The van der Waals surface area contributed by atoms with Crippen molar-refractivity contribution in [3.63, 3.8) is 0 Å². The number of hydrogen-bond acceptors (Lipinski definition) is 5. The van der Waals surface area contributed by atoms with Gasteiger partial charge in [0.05, 0.1) is 4.75 Å². The molecule has 0 bridgehead atoms. The number of hydrogen-bond donors (Lipinski definition) is 1. The maximum absolute atomic E-state index is 11.7. The van der Waals surface area contributed by atoms with Crippen LogP contribution in [0.5, 0.6) is 0 Å². The summed E-state index contributed by atoms with van der Waals surface area (Å²) in [6, 6.07) is 0. The largest absolute Gasteiger partial charge is 0.368 e. The van der Waals surface area contributed by atoms with E-state index in [-0.39, 0.29) is 12.5 Å². The first-order chi connectivity index (χ1) is 8.95. The highest BCUT2D eigenvalue weighted by molar-refractivity contribution is 7.92. The van der Waals surface area contributed by atoms with Gasteiger partial charge in [-0.15, -0.1) is 0 Å². The SMILES string of the molecule is Cc1c(Cl)nc(C(C)C)nc1NCC(C)(C)S(C)(=O)=O. The van der Waals surface area contributed by atoms with Crippen LogP contribution in [0.15, 0.2) is 0 Å². The van der Waals surface area contributed by atoms with E-state index in [2.05, 4.69) is 15.3 Å². The summed E-state index contributed by atoms with van der Waals surface area (Å²) in [4.78, 5) is 8.64. The average molecular weight is 320 g/mol. The van der Waals surface area contributed by atoms with Gasteiger partial charge in [0.1, 0.15) is 16.8 Å². The molecule has 1 aromatic heterocycles. The molecule has 20 heavy (non-hydrogen) atoms. The maximum Gasteiger partial charge on any atom is 0.154 e. The van der Waals surface area contributed by atoms with Crippen LogP contribution in [0.3, 0.4) is 0 Å². The van der Waals surface area contributed by atoms with E-state index in [1.807, 2.05) is 20.8 Å². The van der Waals surface area contributed by atoms with Gasteiger partial charge in [0.25, 0.3) is 0 Å². The van der Waals surface area contributed by atoms with Crippen molar-refractivity contribution in [1.82, 2.24) is 9.97 Å². The van der Waals surface area contributed by atoms with Gasteiger partial charge < -0.3 is 5.32 Å². The Morgan fingerprint density at radius 2 is 1.85 bits per heavy atom. The van der Waals surface area contributed by atoms with Crippen molar-refractivity contribution in [2.45, 2.75) is 45.3 Å². The third-order valence-corrected chi connectivity index (χ3v) is 5.83. The van der Waals surface area contributed by atoms with Gasteiger partial charge in [-0.3, -0.25) is 0 Å². The van der Waals surface area contributed by atoms with E-state index >= 15 is 0 Å². The van der Waals surface area contributed by atoms with E-state index in [4.69, 9.17) is 11.6 Å². The first-order valence-corrected chi connectivity index (χ1v) is 8.70. The molecule has 0 aromatic carbocycles. The van der Waals surface area contributed by atoms with Gasteiger partial charge in [-0.25, -0.2) is 18.4 Å². The van der Waals surface area contributed by atoms with Crippen LogP contribution >= 0.6 is 11.6 Å². The molecule has 1 aromatic rings. The van der Waals surface area contributed by atoms with Crippen LogP contribution in [-0.4, -0.2) is 35.9 Å². The zero-order valence-corrected chi connectivity index (χ0v) is 14.4. The molecule has 0 fully saturated rings. The number of anilines is 1. The fraction of sp³-hybridized carbons (Fsp3) is 0.692. The van der Waals surface area contributed by atoms with Crippen LogP contribution in [0.4, 0.5) is 5.82 Å². The van der Waals surface area contributed by atoms with Crippen LogP contribution < -0.4 is 5.32 Å². The Hall–Kier alpha value is -0.880. The Kier molecular flexibility index (Phi) is 5.03. The van der Waals surface area contributed by atoms with Crippen LogP contribution in [-0.2, 0) is 9.84 Å². The van der Waals surface area contributed by atoms with Gasteiger partial charge in [0, 0.05) is 24.3 Å². The molecular formula is C13H22ClN3O2S. The lowest BCUT2D eigenvalue weighted by molar-refractivity contribution is 0.559. The molecule has 7 heteroatoms. The molecule has 0 saturated carbocycles. The van der Waals surface area contributed by atoms with E-state index < -0.39 is 14.6 Å². The third-order valence-electron chi connectivity index (χ3n) is 3.31. The number of nitrogens with zero attached hydrogens (tertiary/aromatic N) is 2. The smallest absolute Gasteiger partial charge is 0.154 e. The molecule has 0 radical (unpaired) electrons. The third kappa shape index (κ3) is 3.82. The molecule has 1 N–H and O–H groups in total. The number of halogens is 1. The second-order valence-electron chi connectivity index (χ2n) is 5.89. The molecule has 0 spiro atoms. The standard InChI is InChI=1S/C13H22ClN3O2S/c1-8(2)11-16-10(14)9(3)12(17-11)15-7-13(4,5)20(6,18)19/h8H,7H2,1-6H3,(H,15,16,17). The first-order valence-electron chi connectivity index (χ1n) is 6.43. The van der Waals surface area contributed by atoms with E-state index in [9.17, 15) is 8.42 Å². The second kappa shape index (κ2) is 5.85. The quantitative estimate of drug-likeness (QED) is 0.845. The summed E-state index contributed by atoms with van der Waals surface area (Å²) in [7, 11) is -3.16. The lowest BCUT2D eigenvalue weighted by Gasteiger charge is -2.24. The van der Waals surface area contributed by atoms with E-state index in [1.165, 1.54) is 6.26 Å². The zero-order valence-electron chi connectivity index (χ0n) is 12.8. The molecule has 0 unspecified atom stereocenters. The van der Waals surface area contributed by atoms with Crippen molar-refractivity contribution < 1.29 is 8.42 Å². The molecule has 0 aliphatic heterocycles. The summed E-state index contributed by atoms with van der Waals surface area (Å²) in [5, 5.41) is 3.47. The van der Waals surface area contributed by atoms with Crippen molar-refractivity contribution in [3.8, 4) is 0 Å². The molecular weight excluding hydrogens is 298 g/mol. The van der Waals surface area contributed by atoms with Crippen LogP contribution in [0.25, 0.3) is 0 Å². The van der Waals surface area contributed by atoms with Crippen molar-refractivity contribution in [3.05, 3.63) is 16.5 Å². The van der Waals surface area contributed by atoms with Gasteiger partial charge in [0.15, 0.2) is 9.84 Å². The van der Waals surface area contributed by atoms with Crippen molar-refractivity contribution in [2.24, 2.45) is 0 Å². The highest BCUT2D eigenvalue weighted by atomic mass is 35.5. The highest BCUT2D eigenvalue weighted by Gasteiger charge is 2.30. The summed E-state index contributed by atoms with van der Waals surface area (Å²) in [5.74, 6) is 1.38. The Morgan fingerprint density at radius 3 is 2.30 bits per heavy atom. The van der Waals surface area contributed by atoms with E-state index in [0.29, 0.717) is 16.8 Å². The summed E-state index contributed by atoms with van der Waals surface area (Å²) in [5.41, 5.74) is 0.723. The molecule has 0 aliphatic rings. The molecule has 114 valence electrons. The van der Waals surface area contributed by atoms with Crippen LogP contribution in [0.1, 0.15) is 45.0 Å². The predicted molar refractivity (Wildman–Crippen MR) is 83.3 cm³/mol. The topological polar surface area (TPSA) is 72.0 Å². The fourth-order valence-electron chi connectivity index (χ4n) is 1.36. The van der Waals surface area contributed by atoms with Gasteiger partial charge in [-0.05, 0) is 20.8 Å². The summed E-state index contributed by atoms with van der Waals surface area (Å²) in [6.07, 6.45) is 1.23. The summed E-state index contributed by atoms with van der Waals surface area (Å²) < 4.78 is 22.5. The predicted octanol–water partition coefficient (Wildman–Crippen LogP) is 2.80. The second-order valence-corrected chi connectivity index (χ2v) is 8.89. The number of sulfone groups is 1. The normalized spacial score (nSPS) is 12.8. The van der Waals surface area contributed by atoms with Crippen molar-refractivity contribution >= 4 is 27.3 Å². The minimum Gasteiger partial charge on any atom is -0.368 e. The summed E-state index contributed by atoms with van der Waals surface area (Å²) in [6.45, 7) is 9.38. The molecule has 1 rings (SSSR count). The Morgan fingerprint density at radius 1 is 1.30 bits per heavy atom. The summed E-state index contributed by atoms with van der Waals surface area (Å²) >= 11 is 6.09. The fourth-order valence-corrected chi connectivity index (χ4v) is 1.87. The number of rotatable bonds is 5. The lowest BCUT2D eigenvalue weighted by Crippen LogP contribution is -2.38. The van der Waals surface area contributed by atoms with Crippen LogP contribution in [0, 0.1) is 6.92 Å². The van der Waals surface area contributed by atoms with Gasteiger partial charge in [-0.1, -0.05) is 25.4 Å². The van der Waals surface area contributed by atoms with Gasteiger partial charge in [0.2, 0.25) is 0 Å². The Bertz CT molecular complexity index is 598. The molecule has 1 heterocycles. The van der Waals surface area contributed by atoms with Crippen LogP contribution in [0.2, 0.25) is 5.15 Å². The van der Waals surface area contributed by atoms with Gasteiger partial charge in [-0.2, -0.15) is 0 Å². The van der Waals surface area contributed by atoms with E-state index in [0.717, 1.165) is 5.56 Å². The molecule has 5 nitrogen and oxygen atoms in total. The minimum atomic E-state index is -3.16. The minimum absolute atomic E-state index is 0.150. The Balaban J connectivity index is 3.05. The zero-order chi connectivity index (χ0) is 15.7. The number of nitrogens with one attached hydrogen (secondary N) is 1. The van der Waals surface area contributed by atoms with E-state index in [1.54, 1.807) is 13.8 Å². The maximum atomic E-state index is 11.7. The molecule has 0 aliphatic carbocycles. The van der Waals surface area contributed by atoms with Crippen molar-refractivity contribution in [1.29, 1.82) is 0 Å². The lowest BCUT2D eigenvalue weighted by atomic mass is 10.2. The van der Waals surface area contributed by atoms with Crippen molar-refractivity contribution in [2.75, 3.05) is 18.1 Å². The highest BCUT2D eigenvalue weighted by Crippen LogP contribution is 2.24. The molecule has 0 saturated heterocycles.